The van der Waals surface area contributed by atoms with Gasteiger partial charge in [0.1, 0.15) is 0 Å². The fourth-order valence-electron chi connectivity index (χ4n) is 2.45. The Hall–Kier alpha value is -0.130. The van der Waals surface area contributed by atoms with E-state index < -0.39 is 10.0 Å². The van der Waals surface area contributed by atoms with Crippen molar-refractivity contribution in [2.45, 2.75) is 71.6 Å². The zero-order valence-corrected chi connectivity index (χ0v) is 15.2. The Labute approximate surface area is 132 Å². The molecule has 1 N–H and O–H groups in total. The molecule has 0 heterocycles. The van der Waals surface area contributed by atoms with Crippen LogP contribution in [0.4, 0.5) is 0 Å². The van der Waals surface area contributed by atoms with Crippen LogP contribution in [-0.4, -0.2) is 45.2 Å². The van der Waals surface area contributed by atoms with Crippen molar-refractivity contribution in [2.24, 2.45) is 0 Å². The van der Waals surface area contributed by atoms with Gasteiger partial charge in [0.2, 0.25) is 10.0 Å². The fourth-order valence-corrected chi connectivity index (χ4v) is 3.38. The van der Waals surface area contributed by atoms with E-state index in [0.29, 0.717) is 13.1 Å². The van der Waals surface area contributed by atoms with Crippen LogP contribution in [0.3, 0.4) is 0 Å². The van der Waals surface area contributed by atoms with Crippen molar-refractivity contribution in [3.8, 4) is 0 Å². The van der Waals surface area contributed by atoms with E-state index in [9.17, 15) is 8.42 Å². The van der Waals surface area contributed by atoms with Gasteiger partial charge in [-0.1, -0.05) is 58.8 Å². The van der Waals surface area contributed by atoms with E-state index in [1.165, 1.54) is 61.9 Å². The molecule has 0 atom stereocenters. The third-order valence-corrected chi connectivity index (χ3v) is 5.17. The summed E-state index contributed by atoms with van der Waals surface area (Å²) in [6.45, 7) is 7.29. The first-order chi connectivity index (χ1) is 10.0. The lowest BCUT2D eigenvalue weighted by molar-refractivity contribution is 0.418. The van der Waals surface area contributed by atoms with Crippen LogP contribution in [-0.2, 0) is 10.0 Å². The van der Waals surface area contributed by atoms with Crippen LogP contribution >= 0.6 is 0 Å². The summed E-state index contributed by atoms with van der Waals surface area (Å²) < 4.78 is 24.3. The van der Waals surface area contributed by atoms with Gasteiger partial charge < -0.3 is 5.32 Å². The highest BCUT2D eigenvalue weighted by atomic mass is 32.2. The first-order valence-electron chi connectivity index (χ1n) is 8.68. The van der Waals surface area contributed by atoms with Gasteiger partial charge in [-0.25, -0.2) is 12.7 Å². The molecule has 0 aliphatic rings. The minimum Gasteiger partial charge on any atom is -0.317 e. The summed E-state index contributed by atoms with van der Waals surface area (Å²) in [6.07, 6.45) is 12.9. The Morgan fingerprint density at radius 3 is 1.86 bits per heavy atom. The first kappa shape index (κ1) is 20.9. The second kappa shape index (κ2) is 13.5. The Kier molecular flexibility index (Phi) is 13.4. The largest absolute Gasteiger partial charge is 0.317 e. The maximum Gasteiger partial charge on any atom is 0.211 e. The van der Waals surface area contributed by atoms with Crippen LogP contribution in [0, 0.1) is 0 Å². The van der Waals surface area contributed by atoms with Gasteiger partial charge in [0.05, 0.1) is 6.26 Å². The van der Waals surface area contributed by atoms with Crippen molar-refractivity contribution in [2.75, 3.05) is 32.4 Å². The van der Waals surface area contributed by atoms with Gasteiger partial charge in [-0.15, -0.1) is 0 Å². The van der Waals surface area contributed by atoms with Crippen LogP contribution in [0.1, 0.15) is 71.6 Å². The molecule has 0 saturated carbocycles. The summed E-state index contributed by atoms with van der Waals surface area (Å²) in [5, 5.41) is 3.41. The molecule has 0 aliphatic heterocycles. The predicted molar refractivity (Wildman–Crippen MR) is 92.2 cm³/mol. The fraction of sp³-hybridized carbons (Fsp3) is 1.00. The standard InChI is InChI=1S/C16H36N2O2S/c1-4-6-7-8-9-10-11-12-14-17-15-13-16-18(5-2)21(3,19)20/h17H,4-16H2,1-3H3. The number of unbranched alkanes of at least 4 members (excludes halogenated alkanes) is 7. The molecule has 0 aromatic rings. The molecule has 0 amide bonds. The molecule has 0 saturated heterocycles. The summed E-state index contributed by atoms with van der Waals surface area (Å²) in [6, 6.07) is 0. The summed E-state index contributed by atoms with van der Waals surface area (Å²) in [5.74, 6) is 0. The Morgan fingerprint density at radius 1 is 0.810 bits per heavy atom. The lowest BCUT2D eigenvalue weighted by Gasteiger charge is -2.17. The number of sulfonamides is 1. The van der Waals surface area contributed by atoms with Gasteiger partial charge in [-0.3, -0.25) is 0 Å². The molecule has 0 fully saturated rings. The Bertz CT molecular complexity index is 318. The second-order valence-corrected chi connectivity index (χ2v) is 7.82. The van der Waals surface area contributed by atoms with Crippen molar-refractivity contribution in [3.63, 3.8) is 0 Å². The minimum absolute atomic E-state index is 0.566. The topological polar surface area (TPSA) is 49.4 Å². The van der Waals surface area contributed by atoms with E-state index in [1.807, 2.05) is 6.92 Å². The molecular formula is C16H36N2O2S. The molecule has 0 radical (unpaired) electrons. The number of hydrogen-bond acceptors (Lipinski definition) is 3. The second-order valence-electron chi connectivity index (χ2n) is 5.83. The van der Waals surface area contributed by atoms with Crippen molar-refractivity contribution in [1.29, 1.82) is 0 Å². The maximum absolute atomic E-state index is 11.4. The zero-order chi connectivity index (χ0) is 16.0. The highest BCUT2D eigenvalue weighted by Gasteiger charge is 2.12. The Balaban J connectivity index is 3.29. The number of hydrogen-bond donors (Lipinski definition) is 1. The van der Waals surface area contributed by atoms with E-state index in [0.717, 1.165) is 19.5 Å². The van der Waals surface area contributed by atoms with E-state index >= 15 is 0 Å². The number of nitrogens with zero attached hydrogens (tertiary/aromatic N) is 1. The van der Waals surface area contributed by atoms with E-state index in [2.05, 4.69) is 12.2 Å². The van der Waals surface area contributed by atoms with Crippen LogP contribution in [0.15, 0.2) is 0 Å². The van der Waals surface area contributed by atoms with Crippen molar-refractivity contribution in [3.05, 3.63) is 0 Å². The van der Waals surface area contributed by atoms with Gasteiger partial charge in [0.15, 0.2) is 0 Å². The van der Waals surface area contributed by atoms with Crippen molar-refractivity contribution < 1.29 is 8.42 Å². The minimum atomic E-state index is -3.02. The van der Waals surface area contributed by atoms with Crippen molar-refractivity contribution >= 4 is 10.0 Å². The van der Waals surface area contributed by atoms with Gasteiger partial charge in [0.25, 0.3) is 0 Å². The van der Waals surface area contributed by atoms with Crippen LogP contribution in [0.5, 0.6) is 0 Å². The molecule has 0 unspecified atom stereocenters. The van der Waals surface area contributed by atoms with Gasteiger partial charge in [0, 0.05) is 13.1 Å². The SMILES string of the molecule is CCCCCCCCCCNCCCN(CC)S(C)(=O)=O. The highest BCUT2D eigenvalue weighted by Crippen LogP contribution is 2.07. The number of nitrogens with one attached hydrogen (secondary N) is 1. The summed E-state index contributed by atoms with van der Waals surface area (Å²) >= 11 is 0. The lowest BCUT2D eigenvalue weighted by atomic mass is 10.1. The smallest absolute Gasteiger partial charge is 0.211 e. The molecule has 21 heavy (non-hydrogen) atoms. The third-order valence-electron chi connectivity index (χ3n) is 3.79. The first-order valence-corrected chi connectivity index (χ1v) is 10.5. The van der Waals surface area contributed by atoms with Crippen LogP contribution in [0.25, 0.3) is 0 Å². The van der Waals surface area contributed by atoms with E-state index in [1.54, 1.807) is 0 Å². The summed E-state index contributed by atoms with van der Waals surface area (Å²) in [7, 11) is -3.02. The van der Waals surface area contributed by atoms with Crippen LogP contribution in [0.2, 0.25) is 0 Å². The normalized spacial score (nSPS) is 12.2. The van der Waals surface area contributed by atoms with Gasteiger partial charge in [-0.05, 0) is 25.9 Å². The quantitative estimate of drug-likeness (QED) is 0.471. The molecule has 0 aromatic heterocycles. The van der Waals surface area contributed by atoms with Crippen molar-refractivity contribution in [1.82, 2.24) is 9.62 Å². The molecule has 0 aliphatic carbocycles. The summed E-state index contributed by atoms with van der Waals surface area (Å²) in [4.78, 5) is 0. The lowest BCUT2D eigenvalue weighted by Crippen LogP contribution is -2.32. The summed E-state index contributed by atoms with van der Waals surface area (Å²) in [5.41, 5.74) is 0. The monoisotopic (exact) mass is 320 g/mol. The zero-order valence-electron chi connectivity index (χ0n) is 14.4. The molecule has 0 spiro atoms. The van der Waals surface area contributed by atoms with Gasteiger partial charge in [-0.2, -0.15) is 0 Å². The number of rotatable bonds is 15. The average Bonchev–Trinajstić information content (AvgIpc) is 2.42. The highest BCUT2D eigenvalue weighted by molar-refractivity contribution is 7.88. The Morgan fingerprint density at radius 2 is 1.33 bits per heavy atom. The van der Waals surface area contributed by atoms with Crippen LogP contribution < -0.4 is 5.32 Å². The van der Waals surface area contributed by atoms with E-state index in [-0.39, 0.29) is 0 Å². The molecule has 5 heteroatoms. The maximum atomic E-state index is 11.4. The third kappa shape index (κ3) is 13.3. The molecule has 128 valence electrons. The molecule has 4 nitrogen and oxygen atoms in total. The predicted octanol–water partition coefficient (Wildman–Crippen LogP) is 3.39. The molecule has 0 aromatic carbocycles. The molecule has 0 rings (SSSR count). The van der Waals surface area contributed by atoms with E-state index in [4.69, 9.17) is 0 Å². The van der Waals surface area contributed by atoms with Gasteiger partial charge >= 0.3 is 0 Å². The molecular weight excluding hydrogens is 284 g/mol. The average molecular weight is 321 g/mol. The molecule has 0 bridgehead atoms.